The smallest absolute Gasteiger partial charge is 0.337 e. The summed E-state index contributed by atoms with van der Waals surface area (Å²) >= 11 is 5.90. The number of hydrogen-bond donors (Lipinski definition) is 2. The maximum Gasteiger partial charge on any atom is 0.337 e. The summed E-state index contributed by atoms with van der Waals surface area (Å²) in [5.74, 6) is -0.994. The Labute approximate surface area is 137 Å². The highest BCUT2D eigenvalue weighted by molar-refractivity contribution is 6.30. The van der Waals surface area contributed by atoms with Gasteiger partial charge in [-0.1, -0.05) is 17.7 Å². The third kappa shape index (κ3) is 3.27. The van der Waals surface area contributed by atoms with Crippen LogP contribution < -0.4 is 5.32 Å². The van der Waals surface area contributed by atoms with Gasteiger partial charge in [0.15, 0.2) is 0 Å². The number of benzene rings is 1. The quantitative estimate of drug-likeness (QED) is 0.886. The van der Waals surface area contributed by atoms with Crippen molar-refractivity contribution >= 4 is 29.3 Å². The number of carboxylic acid groups (broad SMARTS) is 1. The van der Waals surface area contributed by atoms with E-state index in [1.54, 1.807) is 35.4 Å². The second-order valence-corrected chi connectivity index (χ2v) is 5.68. The maximum atomic E-state index is 12.3. The van der Waals surface area contributed by atoms with Gasteiger partial charge >= 0.3 is 12.0 Å². The highest BCUT2D eigenvalue weighted by atomic mass is 35.5. The summed E-state index contributed by atoms with van der Waals surface area (Å²) < 4.78 is 0. The van der Waals surface area contributed by atoms with Gasteiger partial charge < -0.3 is 15.3 Å². The van der Waals surface area contributed by atoms with Crippen molar-refractivity contribution in [2.45, 2.75) is 13.0 Å². The Hall–Kier alpha value is -2.60. The molecule has 0 radical (unpaired) electrons. The third-order valence-electron chi connectivity index (χ3n) is 3.73. The Kier molecular flexibility index (Phi) is 4.16. The van der Waals surface area contributed by atoms with Crippen LogP contribution in [0.4, 0.5) is 10.5 Å². The second kappa shape index (κ2) is 6.26. The highest BCUT2D eigenvalue weighted by Gasteiger charge is 2.24. The second-order valence-electron chi connectivity index (χ2n) is 5.24. The minimum Gasteiger partial charge on any atom is -0.478 e. The van der Waals surface area contributed by atoms with Crippen molar-refractivity contribution < 1.29 is 14.7 Å². The molecule has 23 heavy (non-hydrogen) atoms. The summed E-state index contributed by atoms with van der Waals surface area (Å²) in [6.45, 7) is 0.777. The third-order valence-corrected chi connectivity index (χ3v) is 3.97. The van der Waals surface area contributed by atoms with Gasteiger partial charge in [-0.3, -0.25) is 4.98 Å². The fourth-order valence-corrected chi connectivity index (χ4v) is 2.81. The van der Waals surface area contributed by atoms with Crippen molar-refractivity contribution in [1.29, 1.82) is 0 Å². The number of carbonyl (C=O) groups is 2. The van der Waals surface area contributed by atoms with E-state index in [1.807, 2.05) is 0 Å². The molecule has 1 aliphatic rings. The van der Waals surface area contributed by atoms with Crippen LogP contribution in [-0.4, -0.2) is 33.5 Å². The molecule has 0 spiro atoms. The molecule has 2 N–H and O–H groups in total. The standard InChI is InChI=1S/C16H14ClN3O3/c17-11-2-1-3-12(6-11)19-16(23)20-5-4-13-10(9-20)7-18-8-14(13)15(21)22/h1-3,6-8H,4-5,9H2,(H,19,23)(H,21,22). The van der Waals surface area contributed by atoms with Crippen LogP contribution in [0.1, 0.15) is 21.5 Å². The van der Waals surface area contributed by atoms with Crippen molar-refractivity contribution in [3.63, 3.8) is 0 Å². The molecule has 7 heteroatoms. The predicted molar refractivity (Wildman–Crippen MR) is 85.8 cm³/mol. The van der Waals surface area contributed by atoms with E-state index >= 15 is 0 Å². The zero-order valence-corrected chi connectivity index (χ0v) is 12.9. The highest BCUT2D eigenvalue weighted by Crippen LogP contribution is 2.23. The number of aromatic nitrogens is 1. The van der Waals surface area contributed by atoms with Gasteiger partial charge in [0.1, 0.15) is 0 Å². The maximum absolute atomic E-state index is 12.3. The van der Waals surface area contributed by atoms with Crippen molar-refractivity contribution in [2.75, 3.05) is 11.9 Å². The first-order valence-corrected chi connectivity index (χ1v) is 7.43. The summed E-state index contributed by atoms with van der Waals surface area (Å²) in [5, 5.41) is 12.5. The van der Waals surface area contributed by atoms with Crippen molar-refractivity contribution in [3.05, 3.63) is 58.4 Å². The Morgan fingerprint density at radius 2 is 2.13 bits per heavy atom. The largest absolute Gasteiger partial charge is 0.478 e. The van der Waals surface area contributed by atoms with E-state index in [2.05, 4.69) is 10.3 Å². The molecule has 3 rings (SSSR count). The van der Waals surface area contributed by atoms with Gasteiger partial charge in [0.05, 0.1) is 5.56 Å². The number of amides is 2. The molecular formula is C16H14ClN3O3. The number of carbonyl (C=O) groups excluding carboxylic acids is 1. The molecule has 2 amide bonds. The molecule has 0 unspecified atom stereocenters. The van der Waals surface area contributed by atoms with Crippen LogP contribution in [0.15, 0.2) is 36.7 Å². The lowest BCUT2D eigenvalue weighted by molar-refractivity contribution is 0.0694. The van der Waals surface area contributed by atoms with Crippen LogP contribution in [0.3, 0.4) is 0 Å². The minimum atomic E-state index is -0.994. The van der Waals surface area contributed by atoms with Gasteiger partial charge in [0, 0.05) is 36.2 Å². The lowest BCUT2D eigenvalue weighted by atomic mass is 9.97. The van der Waals surface area contributed by atoms with Gasteiger partial charge in [-0.05, 0) is 35.7 Å². The first-order valence-electron chi connectivity index (χ1n) is 7.05. The van der Waals surface area contributed by atoms with E-state index in [9.17, 15) is 14.7 Å². The van der Waals surface area contributed by atoms with Crippen LogP contribution in [0.5, 0.6) is 0 Å². The summed E-state index contributed by atoms with van der Waals surface area (Å²) in [7, 11) is 0. The number of fused-ring (bicyclic) bond motifs is 1. The van der Waals surface area contributed by atoms with Gasteiger partial charge in [0.25, 0.3) is 0 Å². The SMILES string of the molecule is O=C(O)c1cncc2c1CCN(C(=O)Nc1cccc(Cl)c1)C2. The van der Waals surface area contributed by atoms with E-state index in [-0.39, 0.29) is 11.6 Å². The Morgan fingerprint density at radius 1 is 1.30 bits per heavy atom. The fraction of sp³-hybridized carbons (Fsp3) is 0.188. The number of carboxylic acids is 1. The molecule has 118 valence electrons. The molecule has 0 fully saturated rings. The minimum absolute atomic E-state index is 0.206. The zero-order chi connectivity index (χ0) is 16.4. The molecular weight excluding hydrogens is 318 g/mol. The van der Waals surface area contributed by atoms with Gasteiger partial charge in [-0.2, -0.15) is 0 Å². The monoisotopic (exact) mass is 331 g/mol. The molecule has 1 aromatic heterocycles. The lowest BCUT2D eigenvalue weighted by Crippen LogP contribution is -2.39. The average Bonchev–Trinajstić information content (AvgIpc) is 2.53. The number of rotatable bonds is 2. The van der Waals surface area contributed by atoms with Crippen LogP contribution >= 0.6 is 11.6 Å². The number of nitrogens with one attached hydrogen (secondary N) is 1. The van der Waals surface area contributed by atoms with Gasteiger partial charge in [-0.15, -0.1) is 0 Å². The van der Waals surface area contributed by atoms with Crippen LogP contribution in [0.2, 0.25) is 5.02 Å². The van der Waals surface area contributed by atoms with E-state index in [4.69, 9.17) is 11.6 Å². The van der Waals surface area contributed by atoms with E-state index in [1.165, 1.54) is 6.20 Å². The summed E-state index contributed by atoms with van der Waals surface area (Å²) in [5.41, 5.74) is 2.33. The topological polar surface area (TPSA) is 82.5 Å². The summed E-state index contributed by atoms with van der Waals surface area (Å²) in [6, 6.07) is 6.66. The van der Waals surface area contributed by atoms with Crippen LogP contribution in [0.25, 0.3) is 0 Å². The fourth-order valence-electron chi connectivity index (χ4n) is 2.62. The molecule has 1 aliphatic heterocycles. The number of hydrogen-bond acceptors (Lipinski definition) is 3. The molecule has 0 aliphatic carbocycles. The van der Waals surface area contributed by atoms with E-state index in [0.717, 1.165) is 11.1 Å². The molecule has 6 nitrogen and oxygen atoms in total. The first kappa shape index (κ1) is 15.3. The van der Waals surface area contributed by atoms with Crippen molar-refractivity contribution in [1.82, 2.24) is 9.88 Å². The Balaban J connectivity index is 1.75. The summed E-state index contributed by atoms with van der Waals surface area (Å²) in [6.07, 6.45) is 3.45. The molecule has 0 bridgehead atoms. The Morgan fingerprint density at radius 3 is 2.87 bits per heavy atom. The average molecular weight is 332 g/mol. The number of anilines is 1. The lowest BCUT2D eigenvalue weighted by Gasteiger charge is -2.29. The predicted octanol–water partition coefficient (Wildman–Crippen LogP) is 3.02. The van der Waals surface area contributed by atoms with Gasteiger partial charge in [0.2, 0.25) is 0 Å². The number of halogens is 1. The molecule has 0 saturated heterocycles. The van der Waals surface area contributed by atoms with E-state index < -0.39 is 5.97 Å². The van der Waals surface area contributed by atoms with Crippen LogP contribution in [-0.2, 0) is 13.0 Å². The zero-order valence-electron chi connectivity index (χ0n) is 12.1. The molecule has 0 saturated carbocycles. The normalized spacial score (nSPS) is 13.3. The van der Waals surface area contributed by atoms with Crippen molar-refractivity contribution in [3.8, 4) is 0 Å². The number of nitrogens with zero attached hydrogens (tertiary/aromatic N) is 2. The van der Waals surface area contributed by atoms with Gasteiger partial charge in [-0.25, -0.2) is 9.59 Å². The molecule has 2 aromatic rings. The summed E-state index contributed by atoms with van der Waals surface area (Å²) in [4.78, 5) is 29.1. The first-order chi connectivity index (χ1) is 11.0. The molecule has 0 atom stereocenters. The number of aromatic carboxylic acids is 1. The Bertz CT molecular complexity index is 779. The number of pyridine rings is 1. The number of urea groups is 1. The van der Waals surface area contributed by atoms with E-state index in [0.29, 0.717) is 30.2 Å². The molecule has 2 heterocycles. The molecule has 1 aromatic carbocycles. The van der Waals surface area contributed by atoms with Crippen molar-refractivity contribution in [2.24, 2.45) is 0 Å². The van der Waals surface area contributed by atoms with Crippen LogP contribution in [0, 0.1) is 0 Å².